The van der Waals surface area contributed by atoms with E-state index >= 15 is 0 Å². The van der Waals surface area contributed by atoms with Gasteiger partial charge < -0.3 is 14.6 Å². The van der Waals surface area contributed by atoms with Gasteiger partial charge in [-0.3, -0.25) is 0 Å². The number of para-hydroxylation sites is 2. The van der Waals surface area contributed by atoms with Gasteiger partial charge in [0, 0.05) is 0 Å². The van der Waals surface area contributed by atoms with Crippen LogP contribution >= 0.6 is 0 Å². The molecule has 4 aromatic rings. The summed E-state index contributed by atoms with van der Waals surface area (Å²) in [5.41, 5.74) is 3.71. The first kappa shape index (κ1) is 22.6. The Bertz CT molecular complexity index is 1230. The van der Waals surface area contributed by atoms with Crippen LogP contribution < -0.4 is 14.5 Å². The molecule has 0 saturated heterocycles. The van der Waals surface area contributed by atoms with Crippen LogP contribution in [0.2, 0.25) is 0 Å². The number of aromatic carboxylic acids is 1. The number of hydrogen-bond donors (Lipinski definition) is 1. The molecule has 0 aromatic heterocycles. The van der Waals surface area contributed by atoms with Crippen LogP contribution in [0.5, 0.6) is 11.5 Å². The highest BCUT2D eigenvalue weighted by atomic mass is 16.5. The van der Waals surface area contributed by atoms with Crippen LogP contribution in [0.4, 0.5) is 11.4 Å². The molecule has 0 radical (unpaired) electrons. The van der Waals surface area contributed by atoms with Gasteiger partial charge in [0.1, 0.15) is 6.61 Å². The molecule has 0 unspecified atom stereocenters. The maximum absolute atomic E-state index is 11.2. The second-order valence-electron chi connectivity index (χ2n) is 7.43. The van der Waals surface area contributed by atoms with Crippen molar-refractivity contribution in [3.8, 4) is 11.5 Å². The molecule has 0 bridgehead atoms. The van der Waals surface area contributed by atoms with Gasteiger partial charge in [0.05, 0.1) is 30.3 Å². The molecule has 170 valence electrons. The first-order valence-electron chi connectivity index (χ1n) is 10.7. The molecule has 0 amide bonds. The molecule has 0 heterocycles. The number of hydrazone groups is 1. The highest BCUT2D eigenvalue weighted by molar-refractivity contribution is 5.87. The highest BCUT2D eigenvalue weighted by Gasteiger charge is 2.09. The van der Waals surface area contributed by atoms with Crippen molar-refractivity contribution in [2.24, 2.45) is 5.10 Å². The molecule has 0 saturated carbocycles. The zero-order chi connectivity index (χ0) is 23.8. The van der Waals surface area contributed by atoms with Crippen molar-refractivity contribution in [1.29, 1.82) is 0 Å². The average Bonchev–Trinajstić information content (AvgIpc) is 2.89. The molecule has 4 aromatic carbocycles. The lowest BCUT2D eigenvalue weighted by molar-refractivity contribution is 0.0696. The zero-order valence-corrected chi connectivity index (χ0v) is 18.7. The van der Waals surface area contributed by atoms with E-state index < -0.39 is 5.97 Å². The van der Waals surface area contributed by atoms with Crippen LogP contribution in [0.3, 0.4) is 0 Å². The number of benzene rings is 4. The fourth-order valence-corrected chi connectivity index (χ4v) is 3.38. The van der Waals surface area contributed by atoms with Gasteiger partial charge in [0.15, 0.2) is 11.5 Å². The fraction of sp³-hybridized carbons (Fsp3) is 0.0714. The summed E-state index contributed by atoms with van der Waals surface area (Å²) in [5, 5.41) is 15.7. The topological polar surface area (TPSA) is 71.4 Å². The van der Waals surface area contributed by atoms with E-state index in [1.54, 1.807) is 31.5 Å². The molecule has 1 N–H and O–H groups in total. The van der Waals surface area contributed by atoms with Gasteiger partial charge in [-0.2, -0.15) is 5.10 Å². The molecule has 4 rings (SSSR count). The third-order valence-corrected chi connectivity index (χ3v) is 5.08. The number of ether oxygens (including phenoxy) is 2. The van der Waals surface area contributed by atoms with Gasteiger partial charge in [-0.15, -0.1) is 0 Å². The van der Waals surface area contributed by atoms with Gasteiger partial charge in [0.25, 0.3) is 0 Å². The summed E-state index contributed by atoms with van der Waals surface area (Å²) in [7, 11) is 1.58. The monoisotopic (exact) mass is 452 g/mol. The van der Waals surface area contributed by atoms with E-state index in [9.17, 15) is 4.79 Å². The third kappa shape index (κ3) is 5.61. The minimum atomic E-state index is -0.969. The smallest absolute Gasteiger partial charge is 0.335 e. The fourth-order valence-electron chi connectivity index (χ4n) is 3.38. The number of hydrogen-bond acceptors (Lipinski definition) is 5. The van der Waals surface area contributed by atoms with Crippen molar-refractivity contribution in [2.45, 2.75) is 6.61 Å². The first-order chi connectivity index (χ1) is 16.6. The van der Waals surface area contributed by atoms with Crippen LogP contribution in [0, 0.1) is 0 Å². The second kappa shape index (κ2) is 10.8. The molecule has 6 heteroatoms. The molecule has 0 aliphatic heterocycles. The summed E-state index contributed by atoms with van der Waals surface area (Å²) >= 11 is 0. The summed E-state index contributed by atoms with van der Waals surface area (Å²) < 4.78 is 11.4. The predicted octanol–water partition coefficient (Wildman–Crippen LogP) is 6.14. The number of carboxylic acid groups (broad SMARTS) is 1. The summed E-state index contributed by atoms with van der Waals surface area (Å²) in [6, 6.07) is 32.1. The molecule has 0 spiro atoms. The number of anilines is 2. The standard InChI is InChI=1S/C28H24N2O4/c1-33-27-18-21(15-16-26(27)34-20-22-9-8-10-23(17-22)28(31)32)19-29-30(24-11-4-2-5-12-24)25-13-6-3-7-14-25/h2-19H,20H2,1H3,(H,31,32)/b29-19-. The number of methoxy groups -OCH3 is 1. The maximum Gasteiger partial charge on any atom is 0.335 e. The lowest BCUT2D eigenvalue weighted by Crippen LogP contribution is -2.09. The summed E-state index contributed by atoms with van der Waals surface area (Å²) in [6.45, 7) is 0.223. The summed E-state index contributed by atoms with van der Waals surface area (Å²) in [5.74, 6) is 0.149. The van der Waals surface area contributed by atoms with E-state index in [-0.39, 0.29) is 12.2 Å². The van der Waals surface area contributed by atoms with Crippen molar-refractivity contribution in [1.82, 2.24) is 0 Å². The molecule has 6 nitrogen and oxygen atoms in total. The van der Waals surface area contributed by atoms with E-state index in [4.69, 9.17) is 19.7 Å². The maximum atomic E-state index is 11.2. The third-order valence-electron chi connectivity index (χ3n) is 5.08. The second-order valence-corrected chi connectivity index (χ2v) is 7.43. The minimum absolute atomic E-state index is 0.223. The van der Waals surface area contributed by atoms with Gasteiger partial charge in [-0.05, 0) is 65.7 Å². The van der Waals surface area contributed by atoms with E-state index in [1.807, 2.05) is 89.9 Å². The molecule has 0 fully saturated rings. The molecule has 0 aliphatic rings. The quantitative estimate of drug-likeness (QED) is 0.244. The molecule has 34 heavy (non-hydrogen) atoms. The van der Waals surface area contributed by atoms with Gasteiger partial charge >= 0.3 is 5.97 Å². The predicted molar refractivity (Wildman–Crippen MR) is 133 cm³/mol. The van der Waals surface area contributed by atoms with Gasteiger partial charge in [0.2, 0.25) is 0 Å². The van der Waals surface area contributed by atoms with Crippen molar-refractivity contribution in [3.63, 3.8) is 0 Å². The normalized spacial score (nSPS) is 10.7. The number of carboxylic acids is 1. The van der Waals surface area contributed by atoms with Gasteiger partial charge in [-0.25, -0.2) is 9.80 Å². The molecular weight excluding hydrogens is 428 g/mol. The van der Waals surface area contributed by atoms with Crippen molar-refractivity contribution in [3.05, 3.63) is 120 Å². The SMILES string of the molecule is COc1cc(/C=N\N(c2ccccc2)c2ccccc2)ccc1OCc1cccc(C(=O)O)c1. The van der Waals surface area contributed by atoms with E-state index in [2.05, 4.69) is 0 Å². The van der Waals surface area contributed by atoms with Crippen LogP contribution in [-0.2, 0) is 6.61 Å². The van der Waals surface area contributed by atoms with Crippen molar-refractivity contribution in [2.75, 3.05) is 12.1 Å². The van der Waals surface area contributed by atoms with Crippen LogP contribution in [0.15, 0.2) is 108 Å². The lowest BCUT2D eigenvalue weighted by atomic mass is 10.1. The Kier molecular flexibility index (Phi) is 7.20. The highest BCUT2D eigenvalue weighted by Crippen LogP contribution is 2.29. The first-order valence-corrected chi connectivity index (χ1v) is 10.7. The molecular formula is C28H24N2O4. The molecule has 0 atom stereocenters. The Hall–Kier alpha value is -4.58. The molecule has 0 aliphatic carbocycles. The number of carbonyl (C=O) groups is 1. The number of rotatable bonds is 9. The lowest BCUT2D eigenvalue weighted by Gasteiger charge is -2.19. The zero-order valence-electron chi connectivity index (χ0n) is 18.7. The largest absolute Gasteiger partial charge is 0.493 e. The summed E-state index contributed by atoms with van der Waals surface area (Å²) in [6.07, 6.45) is 1.77. The average molecular weight is 453 g/mol. The van der Waals surface area contributed by atoms with Crippen LogP contribution in [-0.4, -0.2) is 24.4 Å². The van der Waals surface area contributed by atoms with Crippen LogP contribution in [0.25, 0.3) is 0 Å². The Balaban J connectivity index is 1.53. The van der Waals surface area contributed by atoms with E-state index in [0.29, 0.717) is 11.5 Å². The van der Waals surface area contributed by atoms with Crippen molar-refractivity contribution < 1.29 is 19.4 Å². The Morgan fingerprint density at radius 1 is 0.853 bits per heavy atom. The Morgan fingerprint density at radius 2 is 1.53 bits per heavy atom. The van der Waals surface area contributed by atoms with Crippen LogP contribution in [0.1, 0.15) is 21.5 Å². The van der Waals surface area contributed by atoms with E-state index in [0.717, 1.165) is 22.5 Å². The number of nitrogens with zero attached hydrogens (tertiary/aromatic N) is 2. The Morgan fingerprint density at radius 3 is 2.15 bits per heavy atom. The minimum Gasteiger partial charge on any atom is -0.493 e. The Labute approximate surface area is 198 Å². The van der Waals surface area contributed by atoms with Gasteiger partial charge in [-0.1, -0.05) is 48.5 Å². The van der Waals surface area contributed by atoms with Crippen molar-refractivity contribution >= 4 is 23.6 Å². The summed E-state index contributed by atoms with van der Waals surface area (Å²) in [4.78, 5) is 11.2. The van der Waals surface area contributed by atoms with E-state index in [1.165, 1.54) is 0 Å².